The first kappa shape index (κ1) is 20.2. The highest BCUT2D eigenvalue weighted by atomic mass is 35.5. The van der Waals surface area contributed by atoms with Gasteiger partial charge in [0, 0.05) is 21.6 Å². The zero-order chi connectivity index (χ0) is 17.8. The van der Waals surface area contributed by atoms with Crippen LogP contribution in [-0.4, -0.2) is 34.9 Å². The minimum atomic E-state index is -0.281. The van der Waals surface area contributed by atoms with Crippen molar-refractivity contribution >= 4 is 35.1 Å². The number of piperidine rings is 1. The SMILES string of the molecule is Cl.Fc1ccc2c(CCCN3CCC(Sc4ccccc4)CC3)noc2c1. The van der Waals surface area contributed by atoms with Gasteiger partial charge in [-0.15, -0.1) is 24.2 Å². The van der Waals surface area contributed by atoms with Crippen molar-refractivity contribution in [2.45, 2.75) is 35.8 Å². The molecule has 27 heavy (non-hydrogen) atoms. The number of nitrogens with zero attached hydrogens (tertiary/aromatic N) is 2. The van der Waals surface area contributed by atoms with Crippen LogP contribution in [0.2, 0.25) is 0 Å². The van der Waals surface area contributed by atoms with Crippen LogP contribution in [0.3, 0.4) is 0 Å². The molecular weight excluding hydrogens is 383 g/mol. The van der Waals surface area contributed by atoms with Gasteiger partial charge in [-0.25, -0.2) is 4.39 Å². The Kier molecular flexibility index (Phi) is 7.16. The van der Waals surface area contributed by atoms with Gasteiger partial charge in [-0.1, -0.05) is 23.4 Å². The van der Waals surface area contributed by atoms with Crippen LogP contribution in [0.4, 0.5) is 4.39 Å². The molecule has 0 saturated carbocycles. The molecule has 0 unspecified atom stereocenters. The van der Waals surface area contributed by atoms with Gasteiger partial charge in [0.1, 0.15) is 5.82 Å². The summed E-state index contributed by atoms with van der Waals surface area (Å²) in [6, 6.07) is 15.3. The number of aromatic nitrogens is 1. The Morgan fingerprint density at radius 1 is 1.11 bits per heavy atom. The lowest BCUT2D eigenvalue weighted by atomic mass is 10.1. The van der Waals surface area contributed by atoms with Crippen molar-refractivity contribution < 1.29 is 8.91 Å². The lowest BCUT2D eigenvalue weighted by molar-refractivity contribution is 0.230. The molecule has 1 aromatic heterocycles. The van der Waals surface area contributed by atoms with Crippen LogP contribution < -0.4 is 0 Å². The molecule has 4 rings (SSSR count). The van der Waals surface area contributed by atoms with E-state index in [2.05, 4.69) is 40.4 Å². The van der Waals surface area contributed by atoms with Crippen molar-refractivity contribution in [1.82, 2.24) is 10.1 Å². The van der Waals surface area contributed by atoms with E-state index in [1.807, 2.05) is 11.8 Å². The summed E-state index contributed by atoms with van der Waals surface area (Å²) in [5, 5.41) is 5.77. The first-order valence-electron chi connectivity index (χ1n) is 9.26. The average Bonchev–Trinajstić information content (AvgIpc) is 3.06. The lowest BCUT2D eigenvalue weighted by Crippen LogP contribution is -2.35. The van der Waals surface area contributed by atoms with Crippen molar-refractivity contribution in [3.05, 3.63) is 60.0 Å². The Morgan fingerprint density at radius 2 is 1.89 bits per heavy atom. The highest BCUT2D eigenvalue weighted by Crippen LogP contribution is 2.30. The number of hydrogen-bond donors (Lipinski definition) is 0. The number of aryl methyl sites for hydroxylation is 1. The molecule has 144 valence electrons. The van der Waals surface area contributed by atoms with Gasteiger partial charge < -0.3 is 9.42 Å². The molecule has 1 fully saturated rings. The van der Waals surface area contributed by atoms with Crippen molar-refractivity contribution in [1.29, 1.82) is 0 Å². The molecule has 0 aliphatic carbocycles. The molecule has 0 amide bonds. The van der Waals surface area contributed by atoms with E-state index >= 15 is 0 Å². The van der Waals surface area contributed by atoms with Gasteiger partial charge >= 0.3 is 0 Å². The third-order valence-corrected chi connectivity index (χ3v) is 6.33. The van der Waals surface area contributed by atoms with Gasteiger partial charge in [-0.2, -0.15) is 0 Å². The van der Waals surface area contributed by atoms with Crippen LogP contribution in [0.5, 0.6) is 0 Å². The van der Waals surface area contributed by atoms with Crippen LogP contribution >= 0.6 is 24.2 Å². The number of likely N-dealkylation sites (tertiary alicyclic amines) is 1. The molecule has 1 aliphatic heterocycles. The molecule has 0 radical (unpaired) electrons. The average molecular weight is 407 g/mol. The summed E-state index contributed by atoms with van der Waals surface area (Å²) in [7, 11) is 0. The quantitative estimate of drug-likeness (QED) is 0.534. The Bertz CT molecular complexity index is 850. The number of benzene rings is 2. The van der Waals surface area contributed by atoms with Crippen LogP contribution in [0.25, 0.3) is 11.0 Å². The summed E-state index contributed by atoms with van der Waals surface area (Å²) in [5.74, 6) is -0.281. The number of thioether (sulfide) groups is 1. The lowest BCUT2D eigenvalue weighted by Gasteiger charge is -2.31. The summed E-state index contributed by atoms with van der Waals surface area (Å²) >= 11 is 2.01. The topological polar surface area (TPSA) is 29.3 Å². The van der Waals surface area contributed by atoms with Gasteiger partial charge in [-0.05, 0) is 69.6 Å². The van der Waals surface area contributed by atoms with Gasteiger partial charge in [0.25, 0.3) is 0 Å². The van der Waals surface area contributed by atoms with E-state index < -0.39 is 0 Å². The third kappa shape index (κ3) is 5.24. The summed E-state index contributed by atoms with van der Waals surface area (Å²) < 4.78 is 18.5. The van der Waals surface area contributed by atoms with Crippen molar-refractivity contribution in [2.24, 2.45) is 0 Å². The number of halogens is 2. The van der Waals surface area contributed by atoms with Crippen molar-refractivity contribution in [3.63, 3.8) is 0 Å². The smallest absolute Gasteiger partial charge is 0.170 e. The second-order valence-corrected chi connectivity index (χ2v) is 8.22. The fourth-order valence-electron chi connectivity index (χ4n) is 3.56. The first-order valence-corrected chi connectivity index (χ1v) is 10.1. The zero-order valence-corrected chi connectivity index (χ0v) is 16.8. The predicted octanol–water partition coefficient (Wildman–Crippen LogP) is 5.58. The fourth-order valence-corrected chi connectivity index (χ4v) is 4.70. The van der Waals surface area contributed by atoms with Crippen LogP contribution in [0, 0.1) is 5.82 Å². The van der Waals surface area contributed by atoms with E-state index in [0.29, 0.717) is 5.58 Å². The highest BCUT2D eigenvalue weighted by Gasteiger charge is 2.20. The monoisotopic (exact) mass is 406 g/mol. The van der Waals surface area contributed by atoms with Gasteiger partial charge in [0.15, 0.2) is 5.58 Å². The number of fused-ring (bicyclic) bond motifs is 1. The zero-order valence-electron chi connectivity index (χ0n) is 15.1. The fraction of sp³-hybridized carbons (Fsp3) is 0.381. The molecule has 3 aromatic rings. The van der Waals surface area contributed by atoms with Crippen LogP contribution in [0.1, 0.15) is 25.0 Å². The normalized spacial score (nSPS) is 15.7. The molecule has 1 aliphatic rings. The first-order chi connectivity index (χ1) is 12.8. The Balaban J connectivity index is 0.00000210. The maximum absolute atomic E-state index is 13.2. The summed E-state index contributed by atoms with van der Waals surface area (Å²) in [5.41, 5.74) is 1.48. The molecule has 0 atom stereocenters. The van der Waals surface area contributed by atoms with Crippen molar-refractivity contribution in [2.75, 3.05) is 19.6 Å². The molecule has 0 bridgehead atoms. The molecule has 0 N–H and O–H groups in total. The second kappa shape index (κ2) is 9.58. The third-order valence-electron chi connectivity index (χ3n) is 4.98. The largest absolute Gasteiger partial charge is 0.356 e. The van der Waals surface area contributed by atoms with Gasteiger partial charge in [0.2, 0.25) is 0 Å². The molecule has 0 spiro atoms. The van der Waals surface area contributed by atoms with Crippen LogP contribution in [0.15, 0.2) is 57.9 Å². The van der Waals surface area contributed by atoms with E-state index in [9.17, 15) is 4.39 Å². The Labute approximate surface area is 169 Å². The molecule has 3 nitrogen and oxygen atoms in total. The summed E-state index contributed by atoms with van der Waals surface area (Å²) in [4.78, 5) is 3.92. The molecule has 2 aromatic carbocycles. The van der Waals surface area contributed by atoms with E-state index in [0.717, 1.165) is 48.8 Å². The molecule has 2 heterocycles. The van der Waals surface area contributed by atoms with E-state index in [-0.39, 0.29) is 18.2 Å². The second-order valence-electron chi connectivity index (χ2n) is 6.85. The Hall–Kier alpha value is -1.56. The molecule has 1 saturated heterocycles. The van der Waals surface area contributed by atoms with Gasteiger partial charge in [-0.3, -0.25) is 0 Å². The minimum Gasteiger partial charge on any atom is -0.356 e. The van der Waals surface area contributed by atoms with E-state index in [1.165, 1.54) is 29.9 Å². The van der Waals surface area contributed by atoms with Gasteiger partial charge in [0.05, 0.1) is 5.69 Å². The highest BCUT2D eigenvalue weighted by molar-refractivity contribution is 8.00. The van der Waals surface area contributed by atoms with E-state index in [1.54, 1.807) is 6.07 Å². The number of rotatable bonds is 6. The predicted molar refractivity (Wildman–Crippen MR) is 111 cm³/mol. The number of hydrogen-bond acceptors (Lipinski definition) is 4. The minimum absolute atomic E-state index is 0. The standard InChI is InChI=1S/C21H23FN2OS.ClH/c22-16-8-9-19-20(23-25-21(19)15-16)7-4-12-24-13-10-18(11-14-24)26-17-5-2-1-3-6-17;/h1-3,5-6,8-9,15,18H,4,7,10-14H2;1H. The maximum Gasteiger partial charge on any atom is 0.170 e. The maximum atomic E-state index is 13.2. The van der Waals surface area contributed by atoms with Crippen molar-refractivity contribution in [3.8, 4) is 0 Å². The molecular formula is C21H24ClFN2OS. The van der Waals surface area contributed by atoms with E-state index in [4.69, 9.17) is 4.52 Å². The summed E-state index contributed by atoms with van der Waals surface area (Å²) in [6.45, 7) is 3.41. The summed E-state index contributed by atoms with van der Waals surface area (Å²) in [6.07, 6.45) is 4.41. The Morgan fingerprint density at radius 3 is 2.67 bits per heavy atom. The van der Waals surface area contributed by atoms with Crippen LogP contribution in [-0.2, 0) is 6.42 Å². The molecule has 6 heteroatoms.